The van der Waals surface area contributed by atoms with E-state index in [0.717, 1.165) is 71.0 Å². The third-order valence-electron chi connectivity index (χ3n) is 30.7. The third-order valence-corrected chi connectivity index (χ3v) is 30.7. The molecule has 0 spiro atoms. The van der Waals surface area contributed by atoms with E-state index in [1.54, 1.807) is 0 Å². The quantitative estimate of drug-likeness (QED) is 0.0589. The lowest BCUT2D eigenvalue weighted by atomic mass is 9.74. The summed E-state index contributed by atoms with van der Waals surface area (Å²) in [5, 5.41) is 0. The van der Waals surface area contributed by atoms with Crippen molar-refractivity contribution < 1.29 is 0 Å². The zero-order chi connectivity index (χ0) is 97.0. The Morgan fingerprint density at radius 3 is 0.367 bits per heavy atom. The summed E-state index contributed by atoms with van der Waals surface area (Å²) in [6.07, 6.45) is 101. The van der Waals surface area contributed by atoms with Crippen molar-refractivity contribution >= 4 is 0 Å². The van der Waals surface area contributed by atoms with E-state index in [-0.39, 0.29) is 0 Å². The molecule has 0 aromatic heterocycles. The highest BCUT2D eigenvalue weighted by atomic mass is 14.4. The Morgan fingerprint density at radius 1 is 0.109 bits per heavy atom. The summed E-state index contributed by atoms with van der Waals surface area (Å²) >= 11 is 0. The van der Waals surface area contributed by atoms with Crippen LogP contribution in [0, 0.1) is 136 Å². The molecule has 0 nitrogen and oxygen atoms in total. The van der Waals surface area contributed by atoms with Crippen LogP contribution in [0.5, 0.6) is 0 Å². The summed E-state index contributed by atoms with van der Waals surface area (Å²) in [5.74, 6) is 13.2. The van der Waals surface area contributed by atoms with Crippen molar-refractivity contribution in [2.45, 2.75) is 686 Å². The fourth-order valence-corrected chi connectivity index (χ4v) is 20.8. The molecule has 0 atom stereocenters. The minimum Gasteiger partial charge on any atom is -0.0602 e. The topological polar surface area (TPSA) is 0 Å². The lowest BCUT2D eigenvalue weighted by Crippen LogP contribution is -2.18. The van der Waals surface area contributed by atoms with E-state index in [1.165, 1.54) is 437 Å². The van der Waals surface area contributed by atoms with Gasteiger partial charge in [0, 0.05) is 0 Å². The van der Waals surface area contributed by atoms with E-state index in [4.69, 9.17) is 0 Å². The molecule has 0 aromatic carbocycles. The molecule has 0 heteroatoms. The summed E-state index contributed by atoms with van der Waals surface area (Å²) in [7, 11) is 0. The summed E-state index contributed by atoms with van der Waals surface area (Å²) < 4.78 is 0. The van der Waals surface area contributed by atoms with Crippen LogP contribution in [0.4, 0.5) is 0 Å². The van der Waals surface area contributed by atoms with Gasteiger partial charge in [0.2, 0.25) is 0 Å². The van der Waals surface area contributed by atoms with E-state index in [1.807, 2.05) is 0 Å². The largest absolute Gasteiger partial charge is 0.0602 e. The maximum absolute atomic E-state index is 2.35. The highest BCUT2D eigenvalue weighted by molar-refractivity contribution is 4.83. The van der Waals surface area contributed by atoms with Crippen LogP contribution in [-0.2, 0) is 0 Å². The molecule has 0 unspecified atom stereocenters. The van der Waals surface area contributed by atoms with Gasteiger partial charge < -0.3 is 0 Å². The maximum Gasteiger partial charge on any atom is -0.0380 e. The SMILES string of the molecule is CC(C)(C)CC1CC1.CC(C)(C)CC1CCC1.CC(C)(C)CC1CCCC1.CC(C)(C)CCC1CCCC1.CC(C)(C)CCCC1CC1.CC(C)(C)CCCC1CC1.CC(C)(C)CCCC1CCC1.CC(C)(C)CCCC1CCC1.CC(C)(C)CCCC1CCCC1.CC(C)(C)CCCCC1CC1.CC(C)(C)CCCCC1CCC1.CC(C)(C)CCCCC1CCCC1. The predicted octanol–water partition coefficient (Wildman–Crippen LogP) is 46.5. The molecule has 0 amide bonds. The molecule has 12 saturated carbocycles. The van der Waals surface area contributed by atoms with Crippen LogP contribution in [0.25, 0.3) is 0 Å². The summed E-state index contributed by atoms with van der Waals surface area (Å²) in [5.41, 5.74) is 6.75. The van der Waals surface area contributed by atoms with Crippen LogP contribution in [0.15, 0.2) is 0 Å². The van der Waals surface area contributed by atoms with Crippen molar-refractivity contribution in [3.63, 3.8) is 0 Å². The van der Waals surface area contributed by atoms with Crippen LogP contribution < -0.4 is 0 Å². The van der Waals surface area contributed by atoms with Crippen molar-refractivity contribution in [2.75, 3.05) is 0 Å². The van der Waals surface area contributed by atoms with E-state index in [0.29, 0.717) is 65.0 Å². The first-order valence-electron chi connectivity index (χ1n) is 58.9. The Labute approximate surface area is 816 Å². The Morgan fingerprint density at radius 2 is 0.234 bits per heavy atom. The first kappa shape index (κ1) is 126. The van der Waals surface area contributed by atoms with Gasteiger partial charge in [0.1, 0.15) is 0 Å². The number of rotatable bonds is 32. The van der Waals surface area contributed by atoms with Gasteiger partial charge in [0.05, 0.1) is 0 Å². The van der Waals surface area contributed by atoms with Gasteiger partial charge in [-0.3, -0.25) is 0 Å². The van der Waals surface area contributed by atoms with Crippen LogP contribution in [0.3, 0.4) is 0 Å². The minimum absolute atomic E-state index is 0.551. The molecular formula is C128H256. The zero-order valence-electron chi connectivity index (χ0n) is 97.0. The van der Waals surface area contributed by atoms with Crippen molar-refractivity contribution in [1.29, 1.82) is 0 Å². The first-order valence-corrected chi connectivity index (χ1v) is 58.9. The average Bonchev–Trinajstić information content (AvgIpc) is 1.55. The Bertz CT molecular complexity index is 2400. The molecule has 12 fully saturated rings. The normalized spacial score (nSPS) is 20.2. The molecule has 0 bridgehead atoms. The second-order valence-electron chi connectivity index (χ2n) is 61.6. The highest BCUT2D eigenvalue weighted by Gasteiger charge is 2.30. The van der Waals surface area contributed by atoms with Gasteiger partial charge in [0.25, 0.3) is 0 Å². The standard InChI is InChI=1S/C13H26.2C12H24.4C11H22.3C10H20.C9H18.C8H16/c1-13(2,3)11-7-6-10-12-8-4-5-9-12;1-12(2,3)10-5-4-7-11-8-6-9-11;1-12(2,3)10-6-9-11-7-4-5-8-11;2*1-11(2,3)9-5-8-10-6-4-7-10;1-11(2,3)9-5-4-6-10-7-8-10;1-11(2,3)9-8-10-6-4-5-7-10;2*1-10(2,3)8-4-5-9-6-7-9;1-10(2,3)8-9-6-4-5-7-9;1-9(2,3)7-8-5-4-6-8;1-8(2,3)6-7-4-5-7/h12H,4-11H2,1-3H3;2*11H,4-10H2,1-3H3;4*10H,4-9H2,1-3H3;3*9H,4-8H2,1-3H3;8H,4-7H2,1-3H3;7H,4-6H2,1-3H3. The monoisotopic (exact) mass is 1790 g/mol. The van der Waals surface area contributed by atoms with E-state index in [9.17, 15) is 0 Å². The number of hydrogen-bond donors (Lipinski definition) is 0. The van der Waals surface area contributed by atoms with Gasteiger partial charge in [-0.1, -0.05) is 602 Å². The third kappa shape index (κ3) is 94.9. The summed E-state index contributed by atoms with van der Waals surface area (Å²) in [6, 6.07) is 0. The molecule has 0 N–H and O–H groups in total. The molecule has 12 rings (SSSR count). The molecular weight excluding hydrogens is 1540 g/mol. The van der Waals surface area contributed by atoms with Gasteiger partial charge >= 0.3 is 0 Å². The zero-order valence-corrected chi connectivity index (χ0v) is 97.0. The van der Waals surface area contributed by atoms with E-state index >= 15 is 0 Å². The maximum atomic E-state index is 2.35. The Balaban J connectivity index is 0.000000699. The van der Waals surface area contributed by atoms with Crippen LogP contribution in [-0.4, -0.2) is 0 Å². The lowest BCUT2D eigenvalue weighted by Gasteiger charge is -2.31. The highest BCUT2D eigenvalue weighted by Crippen LogP contribution is 2.44. The predicted molar refractivity (Wildman–Crippen MR) is 589 cm³/mol. The fourth-order valence-electron chi connectivity index (χ4n) is 20.8. The Kier molecular flexibility index (Phi) is 64.1. The molecule has 0 aliphatic heterocycles. The smallest absolute Gasteiger partial charge is 0.0380 e. The van der Waals surface area contributed by atoms with E-state index < -0.39 is 0 Å². The average molecular weight is 1800 g/mol. The number of hydrogen-bond acceptors (Lipinski definition) is 0. The van der Waals surface area contributed by atoms with Gasteiger partial charge in [-0.05, 0) is 219 Å². The molecule has 12 aliphatic carbocycles. The molecule has 0 aromatic rings. The molecule has 0 radical (unpaired) electrons. The van der Waals surface area contributed by atoms with Crippen molar-refractivity contribution in [2.24, 2.45) is 136 Å². The second-order valence-corrected chi connectivity index (χ2v) is 61.6. The van der Waals surface area contributed by atoms with Crippen molar-refractivity contribution in [1.82, 2.24) is 0 Å². The Hall–Kier alpha value is 0. The van der Waals surface area contributed by atoms with Crippen LogP contribution in [0.2, 0.25) is 0 Å². The lowest BCUT2D eigenvalue weighted by molar-refractivity contribution is 0.207. The van der Waals surface area contributed by atoms with Gasteiger partial charge in [-0.15, -0.1) is 0 Å². The summed E-state index contributed by atoms with van der Waals surface area (Å²) in [4.78, 5) is 0. The van der Waals surface area contributed by atoms with Crippen molar-refractivity contribution in [3.8, 4) is 0 Å². The molecule has 0 saturated heterocycles. The molecule has 128 heavy (non-hydrogen) atoms. The van der Waals surface area contributed by atoms with Gasteiger partial charge in [-0.2, -0.15) is 0 Å². The minimum atomic E-state index is 0.551. The van der Waals surface area contributed by atoms with Crippen LogP contribution in [0.1, 0.15) is 686 Å². The van der Waals surface area contributed by atoms with Crippen LogP contribution >= 0.6 is 0 Å². The van der Waals surface area contributed by atoms with E-state index in [2.05, 4.69) is 249 Å². The number of unbranched alkanes of at least 4 members (excludes halogenated alkanes) is 3. The van der Waals surface area contributed by atoms with Crippen molar-refractivity contribution in [3.05, 3.63) is 0 Å². The first-order chi connectivity index (χ1) is 58.9. The summed E-state index contributed by atoms with van der Waals surface area (Å²) in [6.45, 7) is 84.3. The van der Waals surface area contributed by atoms with Gasteiger partial charge in [-0.25, -0.2) is 0 Å². The molecule has 768 valence electrons. The molecule has 0 heterocycles. The molecule has 12 aliphatic rings. The van der Waals surface area contributed by atoms with Gasteiger partial charge in [0.15, 0.2) is 0 Å². The second kappa shape index (κ2) is 65.1. The fraction of sp³-hybridized carbons (Fsp3) is 1.00.